The summed E-state index contributed by atoms with van der Waals surface area (Å²) in [5.74, 6) is 2.08. The number of rotatable bonds is 4. The number of hydrogen-bond acceptors (Lipinski definition) is 6. The summed E-state index contributed by atoms with van der Waals surface area (Å²) in [6.45, 7) is 0.863. The standard InChI is InChI=1S/C12H16N4OS/c1-13-12-15-10(9-2-3-18-11(9)16-12)14-6-7-4-8(17)5-7/h2-3,7-8,17H,4-6H2,1H3,(H2,13,14,15,16). The lowest BCUT2D eigenvalue weighted by atomic mass is 9.82. The van der Waals surface area contributed by atoms with Gasteiger partial charge in [-0.05, 0) is 30.2 Å². The molecule has 1 saturated carbocycles. The topological polar surface area (TPSA) is 70.1 Å². The fraction of sp³-hybridized carbons (Fsp3) is 0.500. The van der Waals surface area contributed by atoms with Crippen LogP contribution < -0.4 is 10.6 Å². The van der Waals surface area contributed by atoms with E-state index in [1.165, 1.54) is 0 Å². The largest absolute Gasteiger partial charge is 0.393 e. The monoisotopic (exact) mass is 264 g/mol. The summed E-state index contributed by atoms with van der Waals surface area (Å²) in [5, 5.41) is 18.7. The van der Waals surface area contributed by atoms with E-state index in [1.807, 2.05) is 18.5 Å². The number of anilines is 2. The third-order valence-corrected chi connectivity index (χ3v) is 4.12. The molecule has 0 aliphatic heterocycles. The molecular formula is C12H16N4OS. The summed E-state index contributed by atoms with van der Waals surface area (Å²) in [4.78, 5) is 9.85. The normalized spacial score (nSPS) is 22.8. The molecule has 1 aliphatic carbocycles. The first-order valence-corrected chi connectivity index (χ1v) is 6.99. The zero-order valence-electron chi connectivity index (χ0n) is 10.2. The van der Waals surface area contributed by atoms with E-state index in [2.05, 4.69) is 20.6 Å². The Bertz CT molecular complexity index is 550. The lowest BCUT2D eigenvalue weighted by Crippen LogP contribution is -2.33. The minimum absolute atomic E-state index is 0.101. The summed E-state index contributed by atoms with van der Waals surface area (Å²) < 4.78 is 0. The molecule has 0 unspecified atom stereocenters. The molecule has 0 amide bonds. The van der Waals surface area contributed by atoms with Crippen LogP contribution in [0, 0.1) is 5.92 Å². The van der Waals surface area contributed by atoms with Gasteiger partial charge in [0.1, 0.15) is 10.6 Å². The van der Waals surface area contributed by atoms with Crippen LogP contribution >= 0.6 is 11.3 Å². The van der Waals surface area contributed by atoms with E-state index in [1.54, 1.807) is 11.3 Å². The molecule has 1 fully saturated rings. The Labute approximate surface area is 109 Å². The number of aliphatic hydroxyl groups is 1. The Hall–Kier alpha value is -1.40. The van der Waals surface area contributed by atoms with Crippen LogP contribution in [-0.2, 0) is 0 Å². The lowest BCUT2D eigenvalue weighted by molar-refractivity contribution is 0.0487. The highest BCUT2D eigenvalue weighted by Crippen LogP contribution is 2.30. The van der Waals surface area contributed by atoms with Crippen LogP contribution in [0.25, 0.3) is 10.2 Å². The molecule has 0 bridgehead atoms. The van der Waals surface area contributed by atoms with Crippen molar-refractivity contribution in [2.24, 2.45) is 5.92 Å². The van der Waals surface area contributed by atoms with Gasteiger partial charge in [-0.2, -0.15) is 4.98 Å². The molecule has 0 radical (unpaired) electrons. The highest BCUT2D eigenvalue weighted by atomic mass is 32.1. The number of aliphatic hydroxyl groups excluding tert-OH is 1. The number of aromatic nitrogens is 2. The zero-order chi connectivity index (χ0) is 12.5. The number of hydrogen-bond donors (Lipinski definition) is 3. The second kappa shape index (κ2) is 4.70. The fourth-order valence-corrected chi connectivity index (χ4v) is 2.97. The minimum atomic E-state index is -0.101. The van der Waals surface area contributed by atoms with E-state index in [4.69, 9.17) is 0 Å². The van der Waals surface area contributed by atoms with Crippen LogP contribution in [0.1, 0.15) is 12.8 Å². The minimum Gasteiger partial charge on any atom is -0.393 e. The van der Waals surface area contributed by atoms with E-state index in [-0.39, 0.29) is 6.10 Å². The number of nitrogens with zero attached hydrogens (tertiary/aromatic N) is 2. The van der Waals surface area contributed by atoms with Gasteiger partial charge in [0.2, 0.25) is 5.95 Å². The van der Waals surface area contributed by atoms with E-state index in [0.29, 0.717) is 11.9 Å². The molecule has 2 aromatic rings. The Kier molecular flexibility index (Phi) is 3.05. The molecule has 2 heterocycles. The number of fused-ring (bicyclic) bond motifs is 1. The molecule has 6 heteroatoms. The molecule has 96 valence electrons. The van der Waals surface area contributed by atoms with Crippen LogP contribution in [0.5, 0.6) is 0 Å². The first-order chi connectivity index (χ1) is 8.76. The summed E-state index contributed by atoms with van der Waals surface area (Å²) >= 11 is 1.61. The van der Waals surface area contributed by atoms with Crippen molar-refractivity contribution in [3.63, 3.8) is 0 Å². The lowest BCUT2D eigenvalue weighted by Gasteiger charge is -2.31. The van der Waals surface area contributed by atoms with E-state index < -0.39 is 0 Å². The predicted octanol–water partition coefficient (Wildman–Crippen LogP) is 1.92. The van der Waals surface area contributed by atoms with Crippen molar-refractivity contribution in [2.75, 3.05) is 24.2 Å². The van der Waals surface area contributed by atoms with Crippen LogP contribution in [0.3, 0.4) is 0 Å². The van der Waals surface area contributed by atoms with Gasteiger partial charge in [-0.25, -0.2) is 4.98 Å². The summed E-state index contributed by atoms with van der Waals surface area (Å²) in [6.07, 6.45) is 1.68. The first-order valence-electron chi connectivity index (χ1n) is 6.11. The molecule has 0 atom stereocenters. The molecule has 0 saturated heterocycles. The van der Waals surface area contributed by atoms with Gasteiger partial charge in [-0.3, -0.25) is 0 Å². The van der Waals surface area contributed by atoms with E-state index in [9.17, 15) is 5.11 Å². The Balaban J connectivity index is 1.79. The van der Waals surface area contributed by atoms with E-state index >= 15 is 0 Å². The SMILES string of the molecule is CNc1nc(NCC2CC(O)C2)c2ccsc2n1. The molecular weight excluding hydrogens is 248 g/mol. The van der Waals surface area contributed by atoms with Gasteiger partial charge in [0, 0.05) is 13.6 Å². The third kappa shape index (κ3) is 2.13. The highest BCUT2D eigenvalue weighted by Gasteiger charge is 2.26. The highest BCUT2D eigenvalue weighted by molar-refractivity contribution is 7.16. The van der Waals surface area contributed by atoms with Gasteiger partial charge < -0.3 is 15.7 Å². The second-order valence-electron chi connectivity index (χ2n) is 4.66. The Morgan fingerprint density at radius 2 is 2.28 bits per heavy atom. The summed E-state index contributed by atoms with van der Waals surface area (Å²) in [5.41, 5.74) is 0. The van der Waals surface area contributed by atoms with Crippen molar-refractivity contribution < 1.29 is 5.11 Å². The molecule has 1 aliphatic rings. The van der Waals surface area contributed by atoms with Gasteiger partial charge >= 0.3 is 0 Å². The van der Waals surface area contributed by atoms with Gasteiger partial charge in [0.15, 0.2) is 0 Å². The smallest absolute Gasteiger partial charge is 0.225 e. The van der Waals surface area contributed by atoms with Crippen molar-refractivity contribution in [1.29, 1.82) is 0 Å². The summed E-state index contributed by atoms with van der Waals surface area (Å²) in [6, 6.07) is 2.04. The third-order valence-electron chi connectivity index (χ3n) is 3.32. The maximum atomic E-state index is 9.27. The molecule has 3 N–H and O–H groups in total. The Morgan fingerprint density at radius 1 is 1.44 bits per heavy atom. The van der Waals surface area contributed by atoms with Crippen LogP contribution in [-0.4, -0.2) is 34.8 Å². The van der Waals surface area contributed by atoms with E-state index in [0.717, 1.165) is 35.4 Å². The molecule has 0 aromatic carbocycles. The molecule has 3 rings (SSSR count). The Morgan fingerprint density at radius 3 is 3.00 bits per heavy atom. The second-order valence-corrected chi connectivity index (χ2v) is 5.55. The van der Waals surface area contributed by atoms with Crippen LogP contribution in [0.15, 0.2) is 11.4 Å². The first kappa shape index (κ1) is 11.7. The van der Waals surface area contributed by atoms with Gasteiger partial charge in [0.25, 0.3) is 0 Å². The van der Waals surface area contributed by atoms with Crippen molar-refractivity contribution in [3.05, 3.63) is 11.4 Å². The predicted molar refractivity (Wildman–Crippen MR) is 74.2 cm³/mol. The molecule has 5 nitrogen and oxygen atoms in total. The molecule has 18 heavy (non-hydrogen) atoms. The van der Waals surface area contributed by atoms with Crippen LogP contribution in [0.4, 0.5) is 11.8 Å². The van der Waals surface area contributed by atoms with Crippen LogP contribution in [0.2, 0.25) is 0 Å². The number of thiophene rings is 1. The molecule has 0 spiro atoms. The molecule has 2 aromatic heterocycles. The average molecular weight is 264 g/mol. The van der Waals surface area contributed by atoms with Crippen molar-refractivity contribution in [2.45, 2.75) is 18.9 Å². The van der Waals surface area contributed by atoms with Gasteiger partial charge in [-0.1, -0.05) is 0 Å². The maximum absolute atomic E-state index is 9.27. The van der Waals surface area contributed by atoms with Gasteiger partial charge in [0.05, 0.1) is 11.5 Å². The number of nitrogens with one attached hydrogen (secondary N) is 2. The zero-order valence-corrected chi connectivity index (χ0v) is 11.0. The quantitative estimate of drug-likeness (QED) is 0.787. The summed E-state index contributed by atoms with van der Waals surface area (Å²) in [7, 11) is 1.82. The van der Waals surface area contributed by atoms with Crippen molar-refractivity contribution in [3.8, 4) is 0 Å². The average Bonchev–Trinajstić information content (AvgIpc) is 2.80. The van der Waals surface area contributed by atoms with Crippen molar-refractivity contribution >= 4 is 33.3 Å². The maximum Gasteiger partial charge on any atom is 0.225 e. The fourth-order valence-electron chi connectivity index (χ4n) is 2.21. The van der Waals surface area contributed by atoms with Crippen molar-refractivity contribution in [1.82, 2.24) is 9.97 Å². The van der Waals surface area contributed by atoms with Gasteiger partial charge in [-0.15, -0.1) is 11.3 Å².